The van der Waals surface area contributed by atoms with Crippen molar-refractivity contribution in [3.05, 3.63) is 0 Å². The molecule has 0 aliphatic rings. The molecule has 0 heterocycles. The van der Waals surface area contributed by atoms with Gasteiger partial charge in [0.15, 0.2) is 0 Å². The van der Waals surface area contributed by atoms with Crippen LogP contribution in [0.2, 0.25) is 6.04 Å². The molecular weight excluding hydrogens is 194 g/mol. The highest BCUT2D eigenvalue weighted by Gasteiger charge is 2.11. The number of β-amino-alcohol motifs (C(OH)–C–C–N with tert-alkyl or cyclic N) is 1. The molecule has 0 fully saturated rings. The van der Waals surface area contributed by atoms with Gasteiger partial charge in [-0.2, -0.15) is 0 Å². The van der Waals surface area contributed by atoms with Gasteiger partial charge in [0.25, 0.3) is 0 Å². The Labute approximate surface area is 90.7 Å². The molecule has 0 saturated carbocycles. The highest BCUT2D eigenvalue weighted by atomic mass is 28.1. The summed E-state index contributed by atoms with van der Waals surface area (Å²) in [7, 11) is 3.36. The van der Waals surface area contributed by atoms with E-state index in [9.17, 15) is 5.11 Å². The summed E-state index contributed by atoms with van der Waals surface area (Å²) >= 11 is 0. The maximum atomic E-state index is 9.51. The number of aliphatic hydroxyl groups is 1. The van der Waals surface area contributed by atoms with Crippen LogP contribution in [0.3, 0.4) is 0 Å². The minimum Gasteiger partial charge on any atom is -0.389 e. The van der Waals surface area contributed by atoms with Crippen LogP contribution in [0.5, 0.6) is 0 Å². The Kier molecular flexibility index (Phi) is 7.45. The van der Waals surface area contributed by atoms with Gasteiger partial charge >= 0.3 is 0 Å². The van der Waals surface area contributed by atoms with Crippen molar-refractivity contribution < 1.29 is 9.84 Å². The molecule has 0 amide bonds. The summed E-state index contributed by atoms with van der Waals surface area (Å²) < 4.78 is 5.28. The van der Waals surface area contributed by atoms with Crippen LogP contribution in [0.1, 0.15) is 27.2 Å². The Bertz CT molecular complexity index is 137. The zero-order valence-electron chi connectivity index (χ0n) is 9.47. The van der Waals surface area contributed by atoms with Gasteiger partial charge in [0, 0.05) is 28.9 Å². The Balaban J connectivity index is 3.32. The first kappa shape index (κ1) is 14.1. The smallest absolute Gasteiger partial charge is 0.0897 e. The summed E-state index contributed by atoms with van der Waals surface area (Å²) in [5.41, 5.74) is 0.0521. The quantitative estimate of drug-likeness (QED) is 0.487. The van der Waals surface area contributed by atoms with Gasteiger partial charge in [0.2, 0.25) is 0 Å². The minimum atomic E-state index is -0.413. The summed E-state index contributed by atoms with van der Waals surface area (Å²) in [5, 5.41) is 12.7. The molecule has 0 bridgehead atoms. The van der Waals surface area contributed by atoms with Crippen LogP contribution < -0.4 is 5.32 Å². The van der Waals surface area contributed by atoms with Gasteiger partial charge in [-0.1, -0.05) is 6.04 Å². The van der Waals surface area contributed by atoms with E-state index < -0.39 is 6.10 Å². The van der Waals surface area contributed by atoms with Gasteiger partial charge in [0.05, 0.1) is 12.7 Å². The van der Waals surface area contributed by atoms with E-state index in [-0.39, 0.29) is 5.54 Å². The second-order valence-corrected chi connectivity index (χ2v) is 4.96. The molecule has 0 aromatic heterocycles. The third-order valence-electron chi connectivity index (χ3n) is 1.64. The van der Waals surface area contributed by atoms with E-state index in [1.54, 1.807) is 0 Å². The standard InChI is InChI=1S/C10H22NO2Si/c1-10(2,3)11-7-9(12)8-13-5-4-6-14/h9,11-12H,4-8H2,1-3H3. The van der Waals surface area contributed by atoms with Crippen molar-refractivity contribution >= 4 is 10.2 Å². The third-order valence-corrected chi connectivity index (χ3v) is 2.00. The second kappa shape index (κ2) is 7.40. The summed E-state index contributed by atoms with van der Waals surface area (Å²) in [6, 6.07) is 0.941. The number of rotatable bonds is 7. The average Bonchev–Trinajstić information content (AvgIpc) is 2.08. The van der Waals surface area contributed by atoms with E-state index >= 15 is 0 Å². The van der Waals surface area contributed by atoms with E-state index in [0.717, 1.165) is 12.5 Å². The SMILES string of the molecule is CC(C)(C)NCC(O)COCCC[Si]. The van der Waals surface area contributed by atoms with Gasteiger partial charge in [0.1, 0.15) is 0 Å². The molecule has 0 aliphatic heterocycles. The molecular formula is C10H22NO2Si. The van der Waals surface area contributed by atoms with E-state index in [0.29, 0.717) is 19.8 Å². The Morgan fingerprint density at radius 1 is 1.43 bits per heavy atom. The number of ether oxygens (including phenoxy) is 1. The third kappa shape index (κ3) is 10.2. The van der Waals surface area contributed by atoms with Crippen molar-refractivity contribution in [2.24, 2.45) is 0 Å². The number of hydrogen-bond donors (Lipinski definition) is 2. The molecule has 3 radical (unpaired) electrons. The highest BCUT2D eigenvalue weighted by molar-refractivity contribution is 6.08. The first-order valence-electron chi connectivity index (χ1n) is 5.11. The Hall–Kier alpha value is 0.0969. The molecule has 0 aromatic carbocycles. The minimum absolute atomic E-state index is 0.0521. The zero-order chi connectivity index (χ0) is 11.0. The van der Waals surface area contributed by atoms with Crippen LogP contribution in [0.15, 0.2) is 0 Å². The lowest BCUT2D eigenvalue weighted by atomic mass is 10.1. The van der Waals surface area contributed by atoms with Crippen molar-refractivity contribution in [2.75, 3.05) is 19.8 Å². The second-order valence-electron chi connectivity index (χ2n) is 4.46. The fourth-order valence-electron chi connectivity index (χ4n) is 0.877. The first-order valence-corrected chi connectivity index (χ1v) is 5.82. The van der Waals surface area contributed by atoms with Crippen molar-refractivity contribution in [3.63, 3.8) is 0 Å². The molecule has 1 atom stereocenters. The van der Waals surface area contributed by atoms with Gasteiger partial charge in [-0.15, -0.1) is 0 Å². The number of hydrogen-bond acceptors (Lipinski definition) is 3. The first-order chi connectivity index (χ1) is 6.45. The van der Waals surface area contributed by atoms with E-state index in [4.69, 9.17) is 4.74 Å². The lowest BCUT2D eigenvalue weighted by molar-refractivity contribution is 0.0344. The van der Waals surface area contributed by atoms with Crippen LogP contribution in [-0.4, -0.2) is 46.8 Å². The molecule has 3 nitrogen and oxygen atoms in total. The van der Waals surface area contributed by atoms with Crippen molar-refractivity contribution in [3.8, 4) is 0 Å². The number of nitrogens with one attached hydrogen (secondary N) is 1. The zero-order valence-corrected chi connectivity index (χ0v) is 10.5. The lowest BCUT2D eigenvalue weighted by Crippen LogP contribution is -2.42. The van der Waals surface area contributed by atoms with E-state index in [1.807, 2.05) is 0 Å². The molecule has 0 aliphatic carbocycles. The van der Waals surface area contributed by atoms with Gasteiger partial charge in [-0.05, 0) is 27.2 Å². The summed E-state index contributed by atoms with van der Waals surface area (Å²) in [4.78, 5) is 0. The molecule has 0 saturated heterocycles. The largest absolute Gasteiger partial charge is 0.389 e. The van der Waals surface area contributed by atoms with Crippen molar-refractivity contribution in [1.82, 2.24) is 5.32 Å². The van der Waals surface area contributed by atoms with Crippen LogP contribution in [-0.2, 0) is 4.74 Å². The fraction of sp³-hybridized carbons (Fsp3) is 1.00. The monoisotopic (exact) mass is 216 g/mol. The van der Waals surface area contributed by atoms with Crippen molar-refractivity contribution in [2.45, 2.75) is 44.9 Å². The molecule has 0 aromatic rings. The fourth-order valence-corrected chi connectivity index (χ4v) is 1.02. The Morgan fingerprint density at radius 3 is 2.57 bits per heavy atom. The lowest BCUT2D eigenvalue weighted by Gasteiger charge is -2.22. The van der Waals surface area contributed by atoms with Crippen LogP contribution in [0, 0.1) is 0 Å². The maximum absolute atomic E-state index is 9.51. The predicted octanol–water partition coefficient (Wildman–Crippen LogP) is 0.729. The normalized spacial score (nSPS) is 14.4. The summed E-state index contributed by atoms with van der Waals surface area (Å²) in [5.74, 6) is 0. The molecule has 0 rings (SSSR count). The van der Waals surface area contributed by atoms with E-state index in [1.165, 1.54) is 0 Å². The van der Waals surface area contributed by atoms with Gasteiger partial charge in [-0.3, -0.25) is 0 Å². The molecule has 4 heteroatoms. The molecule has 2 N–H and O–H groups in total. The maximum Gasteiger partial charge on any atom is 0.0897 e. The molecule has 83 valence electrons. The van der Waals surface area contributed by atoms with Gasteiger partial charge < -0.3 is 15.2 Å². The molecule has 1 unspecified atom stereocenters. The van der Waals surface area contributed by atoms with E-state index in [2.05, 4.69) is 36.3 Å². The Morgan fingerprint density at radius 2 is 2.07 bits per heavy atom. The molecule has 0 spiro atoms. The summed E-state index contributed by atoms with van der Waals surface area (Å²) in [6.45, 7) is 7.92. The van der Waals surface area contributed by atoms with Crippen LogP contribution in [0.4, 0.5) is 0 Å². The predicted molar refractivity (Wildman–Crippen MR) is 59.8 cm³/mol. The van der Waals surface area contributed by atoms with Crippen LogP contribution in [0.25, 0.3) is 0 Å². The van der Waals surface area contributed by atoms with Crippen molar-refractivity contribution in [1.29, 1.82) is 0 Å². The van der Waals surface area contributed by atoms with Gasteiger partial charge in [-0.25, -0.2) is 0 Å². The average molecular weight is 216 g/mol. The summed E-state index contributed by atoms with van der Waals surface area (Å²) in [6.07, 6.45) is 0.569. The highest BCUT2D eigenvalue weighted by Crippen LogP contribution is 1.98. The number of aliphatic hydroxyl groups excluding tert-OH is 1. The molecule has 14 heavy (non-hydrogen) atoms. The topological polar surface area (TPSA) is 41.5 Å². The van der Waals surface area contributed by atoms with Crippen LogP contribution >= 0.6 is 0 Å².